The number of aliphatic hydroxyl groups is 1. The van der Waals surface area contributed by atoms with Crippen LogP contribution in [0.25, 0.3) is 0 Å². The third-order valence-corrected chi connectivity index (χ3v) is 2.35. The second kappa shape index (κ2) is 6.67. The molecule has 18 heavy (non-hydrogen) atoms. The standard InChI is InChI=1S/C14H18N2O2/c1-11-7-8-13(15-14(18)16(2)3)10-12(11)6-4-5-9-17/h7-8,10,17H,5,9H2,1-3H3,(H,15,18). The summed E-state index contributed by atoms with van der Waals surface area (Å²) >= 11 is 0. The molecule has 0 saturated carbocycles. The predicted molar refractivity (Wildman–Crippen MR) is 72.5 cm³/mol. The maximum absolute atomic E-state index is 11.5. The lowest BCUT2D eigenvalue weighted by Crippen LogP contribution is -2.27. The van der Waals surface area contributed by atoms with Crippen LogP contribution in [0.3, 0.4) is 0 Å². The molecular weight excluding hydrogens is 228 g/mol. The zero-order chi connectivity index (χ0) is 13.5. The van der Waals surface area contributed by atoms with Crippen LogP contribution in [0, 0.1) is 18.8 Å². The Balaban J connectivity index is 2.88. The van der Waals surface area contributed by atoms with Crippen LogP contribution in [-0.4, -0.2) is 36.7 Å². The number of nitrogens with zero attached hydrogens (tertiary/aromatic N) is 1. The SMILES string of the molecule is Cc1ccc(NC(=O)N(C)C)cc1C#CCCO. The molecule has 0 fully saturated rings. The van der Waals surface area contributed by atoms with E-state index >= 15 is 0 Å². The molecule has 0 radical (unpaired) electrons. The van der Waals surface area contributed by atoms with Crippen molar-refractivity contribution in [3.8, 4) is 11.8 Å². The van der Waals surface area contributed by atoms with Gasteiger partial charge in [0.05, 0.1) is 6.61 Å². The van der Waals surface area contributed by atoms with E-state index in [2.05, 4.69) is 17.2 Å². The summed E-state index contributed by atoms with van der Waals surface area (Å²) in [5.41, 5.74) is 2.62. The molecule has 1 rings (SSSR count). The zero-order valence-electron chi connectivity index (χ0n) is 10.9. The molecule has 0 saturated heterocycles. The Labute approximate surface area is 108 Å². The summed E-state index contributed by atoms with van der Waals surface area (Å²) < 4.78 is 0. The van der Waals surface area contributed by atoms with E-state index in [9.17, 15) is 4.79 Å². The Morgan fingerprint density at radius 3 is 2.78 bits per heavy atom. The van der Waals surface area contributed by atoms with Gasteiger partial charge < -0.3 is 15.3 Å². The van der Waals surface area contributed by atoms with Crippen molar-refractivity contribution in [1.29, 1.82) is 0 Å². The Hall–Kier alpha value is -1.99. The first-order chi connectivity index (χ1) is 8.54. The number of carbonyl (C=O) groups is 1. The molecular formula is C14H18N2O2. The van der Waals surface area contributed by atoms with E-state index < -0.39 is 0 Å². The molecule has 2 N–H and O–H groups in total. The fourth-order valence-corrected chi connectivity index (χ4v) is 1.28. The zero-order valence-corrected chi connectivity index (χ0v) is 10.9. The molecule has 0 bridgehead atoms. The summed E-state index contributed by atoms with van der Waals surface area (Å²) in [5.74, 6) is 5.85. The van der Waals surface area contributed by atoms with Gasteiger partial charge in [-0.05, 0) is 24.6 Å². The molecule has 1 aromatic carbocycles. The largest absolute Gasteiger partial charge is 0.395 e. The molecule has 0 aliphatic carbocycles. The van der Waals surface area contributed by atoms with Crippen molar-refractivity contribution in [2.75, 3.05) is 26.0 Å². The number of amides is 2. The normalized spacial score (nSPS) is 9.33. The molecule has 96 valence electrons. The van der Waals surface area contributed by atoms with Gasteiger partial charge in [-0.3, -0.25) is 0 Å². The van der Waals surface area contributed by atoms with E-state index in [0.29, 0.717) is 12.1 Å². The number of carbonyl (C=O) groups excluding carboxylic acids is 1. The summed E-state index contributed by atoms with van der Waals surface area (Å²) in [6.07, 6.45) is 0.452. The van der Waals surface area contributed by atoms with E-state index in [1.54, 1.807) is 14.1 Å². The lowest BCUT2D eigenvalue weighted by molar-refractivity contribution is 0.230. The van der Waals surface area contributed by atoms with E-state index in [4.69, 9.17) is 5.11 Å². The summed E-state index contributed by atoms with van der Waals surface area (Å²) in [7, 11) is 3.37. The molecule has 4 nitrogen and oxygen atoms in total. The first kappa shape index (κ1) is 14.1. The fraction of sp³-hybridized carbons (Fsp3) is 0.357. The van der Waals surface area contributed by atoms with Crippen LogP contribution in [0.2, 0.25) is 0 Å². The van der Waals surface area contributed by atoms with E-state index in [-0.39, 0.29) is 12.6 Å². The molecule has 0 unspecified atom stereocenters. The summed E-state index contributed by atoms with van der Waals surface area (Å²) in [6, 6.07) is 5.41. The number of hydrogen-bond acceptors (Lipinski definition) is 2. The van der Waals surface area contributed by atoms with Crippen LogP contribution >= 0.6 is 0 Å². The number of aryl methyl sites for hydroxylation is 1. The van der Waals surface area contributed by atoms with Gasteiger partial charge in [0, 0.05) is 31.8 Å². The number of anilines is 1. The highest BCUT2D eigenvalue weighted by Crippen LogP contribution is 2.14. The van der Waals surface area contributed by atoms with Gasteiger partial charge in [0.1, 0.15) is 0 Å². The van der Waals surface area contributed by atoms with E-state index in [0.717, 1.165) is 11.1 Å². The van der Waals surface area contributed by atoms with Crippen molar-refractivity contribution < 1.29 is 9.90 Å². The topological polar surface area (TPSA) is 52.6 Å². The van der Waals surface area contributed by atoms with Crippen LogP contribution in [-0.2, 0) is 0 Å². The lowest BCUT2D eigenvalue weighted by atomic mass is 10.1. The molecule has 0 aliphatic rings. The van der Waals surface area contributed by atoms with Gasteiger partial charge in [-0.15, -0.1) is 0 Å². The summed E-state index contributed by atoms with van der Waals surface area (Å²) in [5, 5.41) is 11.5. The highest BCUT2D eigenvalue weighted by molar-refractivity contribution is 5.89. The Kier molecular flexibility index (Phi) is 5.22. The highest BCUT2D eigenvalue weighted by atomic mass is 16.2. The van der Waals surface area contributed by atoms with Crippen molar-refractivity contribution >= 4 is 11.7 Å². The minimum absolute atomic E-state index is 0.0586. The minimum atomic E-state index is -0.173. The van der Waals surface area contributed by atoms with E-state index in [1.807, 2.05) is 25.1 Å². The maximum Gasteiger partial charge on any atom is 0.321 e. The Morgan fingerprint density at radius 1 is 1.44 bits per heavy atom. The number of aliphatic hydroxyl groups excluding tert-OH is 1. The van der Waals surface area contributed by atoms with Crippen LogP contribution in [0.1, 0.15) is 17.5 Å². The molecule has 0 aromatic heterocycles. The van der Waals surface area contributed by atoms with Gasteiger partial charge in [-0.2, -0.15) is 0 Å². The summed E-state index contributed by atoms with van der Waals surface area (Å²) in [4.78, 5) is 13.0. The van der Waals surface area contributed by atoms with Crippen molar-refractivity contribution in [2.45, 2.75) is 13.3 Å². The lowest BCUT2D eigenvalue weighted by Gasteiger charge is -2.12. The van der Waals surface area contributed by atoms with E-state index in [1.165, 1.54) is 4.90 Å². The second-order valence-corrected chi connectivity index (χ2v) is 4.13. The number of hydrogen-bond donors (Lipinski definition) is 2. The number of nitrogens with one attached hydrogen (secondary N) is 1. The van der Waals surface area contributed by atoms with Gasteiger partial charge in [0.2, 0.25) is 0 Å². The monoisotopic (exact) mass is 246 g/mol. The quantitative estimate of drug-likeness (QED) is 0.782. The molecule has 4 heteroatoms. The molecule has 0 aliphatic heterocycles. The van der Waals surface area contributed by atoms with Gasteiger partial charge in [0.15, 0.2) is 0 Å². The molecule has 0 spiro atoms. The van der Waals surface area contributed by atoms with Crippen molar-refractivity contribution in [1.82, 2.24) is 4.90 Å². The van der Waals surface area contributed by atoms with Gasteiger partial charge in [-0.1, -0.05) is 17.9 Å². The number of rotatable bonds is 2. The predicted octanol–water partition coefficient (Wildman–Crippen LogP) is 1.82. The maximum atomic E-state index is 11.5. The molecule has 2 amide bonds. The van der Waals surface area contributed by atoms with Crippen molar-refractivity contribution in [3.05, 3.63) is 29.3 Å². The van der Waals surface area contributed by atoms with Gasteiger partial charge in [0.25, 0.3) is 0 Å². The smallest absolute Gasteiger partial charge is 0.321 e. The first-order valence-electron chi connectivity index (χ1n) is 5.73. The Morgan fingerprint density at radius 2 is 2.17 bits per heavy atom. The Bertz CT molecular complexity index is 484. The molecule has 0 atom stereocenters. The van der Waals surface area contributed by atoms with Crippen LogP contribution in [0.15, 0.2) is 18.2 Å². The van der Waals surface area contributed by atoms with Crippen LogP contribution < -0.4 is 5.32 Å². The van der Waals surface area contributed by atoms with Crippen LogP contribution in [0.5, 0.6) is 0 Å². The summed E-state index contributed by atoms with van der Waals surface area (Å²) in [6.45, 7) is 2.02. The minimum Gasteiger partial charge on any atom is -0.395 e. The molecule has 0 heterocycles. The van der Waals surface area contributed by atoms with Crippen molar-refractivity contribution in [2.24, 2.45) is 0 Å². The average Bonchev–Trinajstić information content (AvgIpc) is 2.33. The average molecular weight is 246 g/mol. The third-order valence-electron chi connectivity index (χ3n) is 2.35. The first-order valence-corrected chi connectivity index (χ1v) is 5.73. The fourth-order valence-electron chi connectivity index (χ4n) is 1.28. The third kappa shape index (κ3) is 4.11. The van der Waals surface area contributed by atoms with Crippen molar-refractivity contribution in [3.63, 3.8) is 0 Å². The number of benzene rings is 1. The van der Waals surface area contributed by atoms with Crippen LogP contribution in [0.4, 0.5) is 10.5 Å². The number of urea groups is 1. The second-order valence-electron chi connectivity index (χ2n) is 4.13. The molecule has 1 aromatic rings. The van der Waals surface area contributed by atoms with Gasteiger partial charge >= 0.3 is 6.03 Å². The van der Waals surface area contributed by atoms with Gasteiger partial charge in [-0.25, -0.2) is 4.79 Å². The highest BCUT2D eigenvalue weighted by Gasteiger charge is 2.04.